The summed E-state index contributed by atoms with van der Waals surface area (Å²) in [5, 5.41) is 3.79. The van der Waals surface area contributed by atoms with Crippen molar-refractivity contribution in [2.75, 3.05) is 11.4 Å². The van der Waals surface area contributed by atoms with Crippen molar-refractivity contribution in [2.24, 2.45) is 0 Å². The largest absolute Gasteiger partial charge is 0.347 e. The first-order valence-corrected chi connectivity index (χ1v) is 8.86. The lowest BCUT2D eigenvalue weighted by Crippen LogP contribution is -2.46. The van der Waals surface area contributed by atoms with Crippen molar-refractivity contribution in [3.05, 3.63) is 63.6 Å². The number of benzene rings is 2. The van der Waals surface area contributed by atoms with Crippen LogP contribution in [0.15, 0.2) is 42.5 Å². The van der Waals surface area contributed by atoms with Gasteiger partial charge in [-0.05, 0) is 49.1 Å². The highest BCUT2D eigenvalue weighted by Crippen LogP contribution is 2.31. The molecule has 1 N–H and O–H groups in total. The fourth-order valence-electron chi connectivity index (χ4n) is 3.10. The van der Waals surface area contributed by atoms with Crippen LogP contribution in [0, 0.1) is 0 Å². The maximum absolute atomic E-state index is 12.5. The monoisotopic (exact) mass is 376 g/mol. The third kappa shape index (κ3) is 3.80. The van der Waals surface area contributed by atoms with Crippen molar-refractivity contribution in [2.45, 2.75) is 25.8 Å². The quantitative estimate of drug-likeness (QED) is 0.831. The molecule has 6 heteroatoms. The lowest BCUT2D eigenvalue weighted by molar-refractivity contribution is -0.137. The van der Waals surface area contributed by atoms with E-state index in [-0.39, 0.29) is 6.04 Å². The molecule has 1 aliphatic rings. The van der Waals surface area contributed by atoms with Gasteiger partial charge in [-0.25, -0.2) is 0 Å². The molecule has 0 saturated carbocycles. The van der Waals surface area contributed by atoms with E-state index in [1.807, 2.05) is 37.3 Å². The van der Waals surface area contributed by atoms with E-state index in [0.717, 1.165) is 23.2 Å². The SMILES string of the molecule is CC1Cc2ccccc2N1C(=O)C(=O)NCCc1ccc(Cl)cc1Cl. The zero-order valence-electron chi connectivity index (χ0n) is 13.8. The molecule has 3 rings (SSSR count). The molecule has 25 heavy (non-hydrogen) atoms. The first-order valence-electron chi connectivity index (χ1n) is 8.10. The number of halogens is 2. The number of fused-ring (bicyclic) bond motifs is 1. The van der Waals surface area contributed by atoms with Crippen molar-refractivity contribution >= 4 is 40.7 Å². The van der Waals surface area contributed by atoms with Gasteiger partial charge in [-0.3, -0.25) is 9.59 Å². The van der Waals surface area contributed by atoms with Gasteiger partial charge in [0.05, 0.1) is 0 Å². The number of amides is 2. The Morgan fingerprint density at radius 2 is 1.96 bits per heavy atom. The molecule has 2 aromatic carbocycles. The van der Waals surface area contributed by atoms with Gasteiger partial charge >= 0.3 is 11.8 Å². The summed E-state index contributed by atoms with van der Waals surface area (Å²) < 4.78 is 0. The van der Waals surface area contributed by atoms with Gasteiger partial charge in [-0.15, -0.1) is 0 Å². The van der Waals surface area contributed by atoms with Gasteiger partial charge in [-0.1, -0.05) is 47.5 Å². The first kappa shape index (κ1) is 17.8. The smallest absolute Gasteiger partial charge is 0.316 e. The van der Waals surface area contributed by atoms with Crippen LogP contribution in [0.2, 0.25) is 10.0 Å². The Labute approximate surface area is 156 Å². The van der Waals surface area contributed by atoms with E-state index in [1.54, 1.807) is 17.0 Å². The molecule has 0 radical (unpaired) electrons. The average molecular weight is 377 g/mol. The van der Waals surface area contributed by atoms with Crippen LogP contribution in [0.4, 0.5) is 5.69 Å². The second-order valence-electron chi connectivity index (χ2n) is 6.10. The topological polar surface area (TPSA) is 49.4 Å². The first-order chi connectivity index (χ1) is 12.0. The maximum atomic E-state index is 12.5. The number of carbonyl (C=O) groups excluding carboxylic acids is 2. The van der Waals surface area contributed by atoms with Crippen molar-refractivity contribution in [1.82, 2.24) is 5.32 Å². The molecular weight excluding hydrogens is 359 g/mol. The fourth-order valence-corrected chi connectivity index (χ4v) is 3.60. The molecule has 4 nitrogen and oxygen atoms in total. The summed E-state index contributed by atoms with van der Waals surface area (Å²) in [5.41, 5.74) is 2.78. The van der Waals surface area contributed by atoms with Crippen molar-refractivity contribution in [1.29, 1.82) is 0 Å². The fraction of sp³-hybridized carbons (Fsp3) is 0.263. The van der Waals surface area contributed by atoms with E-state index in [0.29, 0.717) is 23.0 Å². The summed E-state index contributed by atoms with van der Waals surface area (Å²) >= 11 is 12.0. The predicted octanol–water partition coefficient (Wildman–Crippen LogP) is 3.63. The van der Waals surface area contributed by atoms with E-state index in [4.69, 9.17) is 23.2 Å². The number of hydrogen-bond acceptors (Lipinski definition) is 2. The van der Waals surface area contributed by atoms with Gasteiger partial charge in [0.1, 0.15) is 0 Å². The normalized spacial score (nSPS) is 15.8. The lowest BCUT2D eigenvalue weighted by Gasteiger charge is -2.22. The van der Waals surface area contributed by atoms with Crippen LogP contribution in [-0.4, -0.2) is 24.4 Å². The maximum Gasteiger partial charge on any atom is 0.316 e. The summed E-state index contributed by atoms with van der Waals surface area (Å²) in [6.07, 6.45) is 1.29. The van der Waals surface area contributed by atoms with Gasteiger partial charge in [0.25, 0.3) is 0 Å². The van der Waals surface area contributed by atoms with Crippen LogP contribution < -0.4 is 10.2 Å². The Morgan fingerprint density at radius 3 is 2.72 bits per heavy atom. The average Bonchev–Trinajstić information content (AvgIpc) is 2.91. The van der Waals surface area contributed by atoms with Gasteiger partial charge in [-0.2, -0.15) is 0 Å². The number of rotatable bonds is 3. The van der Waals surface area contributed by atoms with Gasteiger partial charge in [0.15, 0.2) is 0 Å². The summed E-state index contributed by atoms with van der Waals surface area (Å²) in [5.74, 6) is -1.13. The molecule has 0 aromatic heterocycles. The van der Waals surface area contributed by atoms with Gasteiger partial charge in [0.2, 0.25) is 0 Å². The Balaban J connectivity index is 1.61. The second kappa shape index (κ2) is 7.46. The molecule has 2 amide bonds. The zero-order chi connectivity index (χ0) is 18.0. The molecule has 2 aromatic rings. The minimum absolute atomic E-state index is 0.0265. The Hall–Kier alpha value is -2.04. The number of carbonyl (C=O) groups is 2. The molecule has 1 heterocycles. The Bertz CT molecular complexity index is 823. The molecule has 0 fully saturated rings. The standard InChI is InChI=1S/C19H18Cl2N2O2/c1-12-10-14-4-2-3-5-17(14)23(12)19(25)18(24)22-9-8-13-6-7-15(20)11-16(13)21/h2-7,11-12H,8-10H2,1H3,(H,22,24). The molecule has 130 valence electrons. The van der Waals surface area contributed by atoms with E-state index < -0.39 is 11.8 Å². The highest BCUT2D eigenvalue weighted by molar-refractivity contribution is 6.40. The van der Waals surface area contributed by atoms with E-state index in [1.165, 1.54) is 0 Å². The number of nitrogens with one attached hydrogen (secondary N) is 1. The van der Waals surface area contributed by atoms with Crippen LogP contribution in [0.5, 0.6) is 0 Å². The summed E-state index contributed by atoms with van der Waals surface area (Å²) in [6.45, 7) is 2.27. The minimum atomic E-state index is -0.603. The molecule has 1 unspecified atom stereocenters. The number of hydrogen-bond donors (Lipinski definition) is 1. The number of nitrogens with zero attached hydrogens (tertiary/aromatic N) is 1. The third-order valence-corrected chi connectivity index (χ3v) is 4.90. The van der Waals surface area contributed by atoms with Crippen LogP contribution >= 0.6 is 23.2 Å². The molecule has 0 aliphatic carbocycles. The predicted molar refractivity (Wildman–Crippen MR) is 100 cm³/mol. The second-order valence-corrected chi connectivity index (χ2v) is 6.94. The highest BCUT2D eigenvalue weighted by Gasteiger charge is 2.33. The highest BCUT2D eigenvalue weighted by atomic mass is 35.5. The Morgan fingerprint density at radius 1 is 1.20 bits per heavy atom. The van der Waals surface area contributed by atoms with Crippen LogP contribution in [0.1, 0.15) is 18.1 Å². The van der Waals surface area contributed by atoms with E-state index in [9.17, 15) is 9.59 Å². The van der Waals surface area contributed by atoms with Crippen LogP contribution in [0.25, 0.3) is 0 Å². The van der Waals surface area contributed by atoms with Crippen LogP contribution in [-0.2, 0) is 22.4 Å². The minimum Gasteiger partial charge on any atom is -0.347 e. The lowest BCUT2D eigenvalue weighted by atomic mass is 10.1. The van der Waals surface area contributed by atoms with Crippen LogP contribution in [0.3, 0.4) is 0 Å². The molecule has 1 atom stereocenters. The zero-order valence-corrected chi connectivity index (χ0v) is 15.3. The van der Waals surface area contributed by atoms with Crippen molar-refractivity contribution in [3.8, 4) is 0 Å². The molecule has 0 bridgehead atoms. The summed E-state index contributed by atoms with van der Waals surface area (Å²) in [6, 6.07) is 12.9. The van der Waals surface area contributed by atoms with Gasteiger partial charge < -0.3 is 10.2 Å². The molecule has 0 spiro atoms. The summed E-state index contributed by atoms with van der Waals surface area (Å²) in [4.78, 5) is 26.4. The van der Waals surface area contributed by atoms with E-state index in [2.05, 4.69) is 5.32 Å². The van der Waals surface area contributed by atoms with Crippen molar-refractivity contribution in [3.63, 3.8) is 0 Å². The number of para-hydroxylation sites is 1. The van der Waals surface area contributed by atoms with Gasteiger partial charge in [0, 0.05) is 28.3 Å². The van der Waals surface area contributed by atoms with E-state index >= 15 is 0 Å². The summed E-state index contributed by atoms with van der Waals surface area (Å²) in [7, 11) is 0. The molecule has 0 saturated heterocycles. The third-order valence-electron chi connectivity index (χ3n) is 4.32. The molecule has 1 aliphatic heterocycles. The Kier molecular flexibility index (Phi) is 5.30. The van der Waals surface area contributed by atoms with Crippen molar-refractivity contribution < 1.29 is 9.59 Å². The number of anilines is 1. The molecular formula is C19H18Cl2N2O2.